The number of hydrazine groups is 1. The fourth-order valence-electron chi connectivity index (χ4n) is 1.82. The number of carbonyl (C=O) groups excluding carboxylic acids is 3. The molecule has 0 atom stereocenters. The first-order chi connectivity index (χ1) is 13.3. The van der Waals surface area contributed by atoms with E-state index in [2.05, 4.69) is 34.8 Å². The standard InChI is InChI=1S/C19H25N3O5S/c1-4-26-17(24)10-9-16(23)20-19(28)22-21-18(25)14-5-7-15(8-6-14)27-12-11-13(2)3/h5-10,13H,4,11-12H2,1-3H3,(H,21,25)(H2,20,22,23,28). The Morgan fingerprint density at radius 1 is 1.11 bits per heavy atom. The van der Waals surface area contributed by atoms with Gasteiger partial charge in [0.2, 0.25) is 5.91 Å². The molecule has 2 amide bonds. The Hall–Kier alpha value is -2.94. The number of esters is 1. The highest BCUT2D eigenvalue weighted by atomic mass is 32.1. The van der Waals surface area contributed by atoms with E-state index in [1.54, 1.807) is 31.2 Å². The second-order valence-corrected chi connectivity index (χ2v) is 6.45. The summed E-state index contributed by atoms with van der Waals surface area (Å²) in [5.74, 6) is -0.473. The van der Waals surface area contributed by atoms with Crippen LogP contribution in [0.4, 0.5) is 0 Å². The van der Waals surface area contributed by atoms with Crippen molar-refractivity contribution in [2.45, 2.75) is 27.2 Å². The third-order valence-electron chi connectivity index (χ3n) is 3.26. The maximum atomic E-state index is 12.1. The van der Waals surface area contributed by atoms with Gasteiger partial charge in [0.15, 0.2) is 5.11 Å². The maximum absolute atomic E-state index is 12.1. The summed E-state index contributed by atoms with van der Waals surface area (Å²) in [6, 6.07) is 6.64. The molecule has 8 nitrogen and oxygen atoms in total. The van der Waals surface area contributed by atoms with Crippen LogP contribution in [0.3, 0.4) is 0 Å². The number of amides is 2. The first kappa shape index (κ1) is 23.1. The first-order valence-corrected chi connectivity index (χ1v) is 9.21. The Labute approximate surface area is 169 Å². The van der Waals surface area contributed by atoms with Crippen molar-refractivity contribution >= 4 is 35.1 Å². The molecule has 152 valence electrons. The predicted octanol–water partition coefficient (Wildman–Crippen LogP) is 1.87. The minimum absolute atomic E-state index is 0.125. The van der Waals surface area contributed by atoms with Crippen molar-refractivity contribution in [1.29, 1.82) is 0 Å². The Morgan fingerprint density at radius 2 is 1.79 bits per heavy atom. The molecule has 0 aliphatic carbocycles. The number of hydrogen-bond acceptors (Lipinski definition) is 6. The molecule has 0 saturated heterocycles. The Bertz CT molecular complexity index is 717. The average Bonchev–Trinajstić information content (AvgIpc) is 2.65. The second kappa shape index (κ2) is 12.4. The van der Waals surface area contributed by atoms with Crippen LogP contribution in [-0.4, -0.2) is 36.1 Å². The van der Waals surface area contributed by atoms with E-state index in [0.717, 1.165) is 18.6 Å². The third-order valence-corrected chi connectivity index (χ3v) is 3.47. The zero-order chi connectivity index (χ0) is 20.9. The molecule has 9 heteroatoms. The van der Waals surface area contributed by atoms with Crippen LogP contribution in [-0.2, 0) is 14.3 Å². The van der Waals surface area contributed by atoms with Crippen LogP contribution in [0.5, 0.6) is 5.75 Å². The number of carbonyl (C=O) groups is 3. The van der Waals surface area contributed by atoms with Crippen LogP contribution in [0.2, 0.25) is 0 Å². The Balaban J connectivity index is 2.39. The van der Waals surface area contributed by atoms with E-state index < -0.39 is 17.8 Å². The lowest BCUT2D eigenvalue weighted by Crippen LogP contribution is -2.48. The molecule has 0 aliphatic heterocycles. The SMILES string of the molecule is CCOC(=O)C=CC(=O)NC(=S)NNC(=O)c1ccc(OCCC(C)C)cc1. The van der Waals surface area contributed by atoms with Gasteiger partial charge in [0.05, 0.1) is 13.2 Å². The summed E-state index contributed by atoms with van der Waals surface area (Å²) in [7, 11) is 0. The second-order valence-electron chi connectivity index (χ2n) is 6.04. The van der Waals surface area contributed by atoms with Gasteiger partial charge in [-0.25, -0.2) is 4.79 Å². The van der Waals surface area contributed by atoms with E-state index in [-0.39, 0.29) is 11.7 Å². The van der Waals surface area contributed by atoms with E-state index in [9.17, 15) is 14.4 Å². The molecule has 3 N–H and O–H groups in total. The summed E-state index contributed by atoms with van der Waals surface area (Å²) >= 11 is 4.89. The third kappa shape index (κ3) is 9.67. The van der Waals surface area contributed by atoms with Crippen molar-refractivity contribution in [3.05, 3.63) is 42.0 Å². The average molecular weight is 407 g/mol. The van der Waals surface area contributed by atoms with Crippen molar-refractivity contribution in [3.63, 3.8) is 0 Å². The topological polar surface area (TPSA) is 106 Å². The monoisotopic (exact) mass is 407 g/mol. The van der Waals surface area contributed by atoms with Gasteiger partial charge >= 0.3 is 5.97 Å². The molecule has 0 heterocycles. The van der Waals surface area contributed by atoms with Gasteiger partial charge in [0.25, 0.3) is 5.91 Å². The van der Waals surface area contributed by atoms with E-state index >= 15 is 0 Å². The molecule has 0 spiro atoms. The smallest absolute Gasteiger partial charge is 0.330 e. The molecule has 1 rings (SSSR count). The molecule has 28 heavy (non-hydrogen) atoms. The highest BCUT2D eigenvalue weighted by Gasteiger charge is 2.07. The van der Waals surface area contributed by atoms with E-state index in [1.165, 1.54) is 0 Å². The number of nitrogens with one attached hydrogen (secondary N) is 3. The van der Waals surface area contributed by atoms with Gasteiger partial charge in [-0.1, -0.05) is 13.8 Å². The number of ether oxygens (including phenoxy) is 2. The van der Waals surface area contributed by atoms with Gasteiger partial charge in [0.1, 0.15) is 5.75 Å². The van der Waals surface area contributed by atoms with Gasteiger partial charge < -0.3 is 9.47 Å². The number of rotatable bonds is 8. The van der Waals surface area contributed by atoms with Gasteiger partial charge in [-0.2, -0.15) is 0 Å². The van der Waals surface area contributed by atoms with Crippen LogP contribution in [0.15, 0.2) is 36.4 Å². The lowest BCUT2D eigenvalue weighted by atomic mass is 10.1. The summed E-state index contributed by atoms with van der Waals surface area (Å²) in [5.41, 5.74) is 5.16. The minimum atomic E-state index is -0.638. The van der Waals surface area contributed by atoms with Crippen molar-refractivity contribution in [3.8, 4) is 5.75 Å². The van der Waals surface area contributed by atoms with Gasteiger partial charge in [-0.15, -0.1) is 0 Å². The van der Waals surface area contributed by atoms with Crippen LogP contribution >= 0.6 is 12.2 Å². The Kier molecular flexibility index (Phi) is 10.3. The Morgan fingerprint density at radius 3 is 2.39 bits per heavy atom. The lowest BCUT2D eigenvalue weighted by Gasteiger charge is -2.11. The van der Waals surface area contributed by atoms with Crippen LogP contribution in [0, 0.1) is 5.92 Å². The molecule has 0 saturated carbocycles. The fraction of sp³-hybridized carbons (Fsp3) is 0.368. The maximum Gasteiger partial charge on any atom is 0.330 e. The van der Waals surface area contributed by atoms with Crippen molar-refractivity contribution in [2.75, 3.05) is 13.2 Å². The van der Waals surface area contributed by atoms with Gasteiger partial charge in [0, 0.05) is 17.7 Å². The largest absolute Gasteiger partial charge is 0.494 e. The molecule has 0 radical (unpaired) electrons. The molecular weight excluding hydrogens is 382 g/mol. The summed E-state index contributed by atoms with van der Waals surface area (Å²) in [6.45, 7) is 6.72. The van der Waals surface area contributed by atoms with E-state index in [4.69, 9.17) is 17.0 Å². The number of benzene rings is 1. The molecule has 0 aromatic heterocycles. The summed E-state index contributed by atoms with van der Waals surface area (Å²) in [6.07, 6.45) is 2.90. The van der Waals surface area contributed by atoms with Crippen molar-refractivity contribution < 1.29 is 23.9 Å². The number of thiocarbonyl (C=S) groups is 1. The molecule has 1 aromatic rings. The normalized spacial score (nSPS) is 10.4. The number of hydrogen-bond donors (Lipinski definition) is 3. The summed E-state index contributed by atoms with van der Waals surface area (Å²) in [5, 5.41) is 2.15. The first-order valence-electron chi connectivity index (χ1n) is 8.80. The fourth-order valence-corrected chi connectivity index (χ4v) is 1.97. The van der Waals surface area contributed by atoms with Gasteiger partial charge in [-0.05, 0) is 55.7 Å². The van der Waals surface area contributed by atoms with Crippen molar-refractivity contribution in [1.82, 2.24) is 16.2 Å². The van der Waals surface area contributed by atoms with E-state index in [1.807, 2.05) is 0 Å². The molecule has 0 aliphatic rings. The molecular formula is C19H25N3O5S. The van der Waals surface area contributed by atoms with Crippen LogP contribution in [0.1, 0.15) is 37.6 Å². The minimum Gasteiger partial charge on any atom is -0.494 e. The molecule has 0 unspecified atom stereocenters. The molecule has 0 fully saturated rings. The van der Waals surface area contributed by atoms with Crippen LogP contribution in [0.25, 0.3) is 0 Å². The molecule has 0 bridgehead atoms. The zero-order valence-electron chi connectivity index (χ0n) is 16.1. The van der Waals surface area contributed by atoms with Gasteiger partial charge in [-0.3, -0.25) is 25.8 Å². The predicted molar refractivity (Wildman–Crippen MR) is 109 cm³/mol. The highest BCUT2D eigenvalue weighted by Crippen LogP contribution is 2.13. The summed E-state index contributed by atoms with van der Waals surface area (Å²) in [4.78, 5) is 34.8. The molecule has 1 aromatic carbocycles. The van der Waals surface area contributed by atoms with E-state index in [0.29, 0.717) is 23.8 Å². The zero-order valence-corrected chi connectivity index (χ0v) is 16.9. The highest BCUT2D eigenvalue weighted by molar-refractivity contribution is 7.80. The quantitative estimate of drug-likeness (QED) is 0.261. The summed E-state index contributed by atoms with van der Waals surface area (Å²) < 4.78 is 10.2. The van der Waals surface area contributed by atoms with Crippen molar-refractivity contribution in [2.24, 2.45) is 5.92 Å². The van der Waals surface area contributed by atoms with Crippen LogP contribution < -0.4 is 20.9 Å². The lowest BCUT2D eigenvalue weighted by molar-refractivity contribution is -0.137.